The first kappa shape index (κ1) is 15.0. The molecular formula is C17H16ClNS. The first-order valence-electron chi connectivity index (χ1n) is 6.55. The fraction of sp³-hybridized carbons (Fsp3) is 0.235. The van der Waals surface area contributed by atoms with E-state index in [1.54, 1.807) is 0 Å². The van der Waals surface area contributed by atoms with Gasteiger partial charge in [-0.1, -0.05) is 29.7 Å². The van der Waals surface area contributed by atoms with Gasteiger partial charge in [-0.15, -0.1) is 11.8 Å². The number of benzene rings is 1. The van der Waals surface area contributed by atoms with E-state index in [1.807, 2.05) is 55.1 Å². The zero-order valence-corrected chi connectivity index (χ0v) is 13.0. The van der Waals surface area contributed by atoms with Crippen LogP contribution in [0.4, 0.5) is 0 Å². The highest BCUT2D eigenvalue weighted by atomic mass is 35.5. The number of aromatic nitrogens is 1. The van der Waals surface area contributed by atoms with Crippen molar-refractivity contribution < 1.29 is 0 Å². The lowest BCUT2D eigenvalue weighted by Gasteiger charge is -1.99. The van der Waals surface area contributed by atoms with Gasteiger partial charge in [0.05, 0.1) is 0 Å². The fourth-order valence-corrected chi connectivity index (χ4v) is 2.84. The number of pyridine rings is 1. The van der Waals surface area contributed by atoms with Gasteiger partial charge in [0.25, 0.3) is 0 Å². The maximum absolute atomic E-state index is 5.95. The van der Waals surface area contributed by atoms with Crippen LogP contribution in [0.25, 0.3) is 0 Å². The fourth-order valence-electron chi connectivity index (χ4n) is 1.67. The monoisotopic (exact) mass is 301 g/mol. The molecule has 0 bridgehead atoms. The average molecular weight is 302 g/mol. The Balaban J connectivity index is 1.72. The van der Waals surface area contributed by atoms with Crippen LogP contribution >= 0.6 is 23.4 Å². The summed E-state index contributed by atoms with van der Waals surface area (Å²) in [6.45, 7) is 1.98. The summed E-state index contributed by atoms with van der Waals surface area (Å²) in [6, 6.07) is 13.9. The molecule has 1 nitrogen and oxygen atoms in total. The topological polar surface area (TPSA) is 12.9 Å². The highest BCUT2D eigenvalue weighted by Gasteiger charge is 1.94. The van der Waals surface area contributed by atoms with Crippen molar-refractivity contribution in [1.29, 1.82) is 0 Å². The van der Waals surface area contributed by atoms with Gasteiger partial charge < -0.3 is 0 Å². The number of halogens is 1. The third-order valence-electron chi connectivity index (χ3n) is 2.62. The van der Waals surface area contributed by atoms with E-state index in [0.717, 1.165) is 35.0 Å². The Labute approximate surface area is 129 Å². The molecule has 1 aromatic heterocycles. The maximum Gasteiger partial charge on any atom is 0.113 e. The summed E-state index contributed by atoms with van der Waals surface area (Å²) in [5.41, 5.74) is 1.86. The molecule has 1 aromatic carbocycles. The minimum atomic E-state index is 0.792. The molecule has 2 aromatic rings. The van der Waals surface area contributed by atoms with Gasteiger partial charge in [-0.25, -0.2) is 4.98 Å². The van der Waals surface area contributed by atoms with Crippen molar-refractivity contribution in [1.82, 2.24) is 4.98 Å². The molecule has 0 aliphatic heterocycles. The molecule has 0 aliphatic rings. The third-order valence-corrected chi connectivity index (χ3v) is 3.93. The van der Waals surface area contributed by atoms with E-state index in [-0.39, 0.29) is 0 Å². The van der Waals surface area contributed by atoms with Gasteiger partial charge in [0, 0.05) is 22.0 Å². The van der Waals surface area contributed by atoms with E-state index in [2.05, 4.69) is 22.9 Å². The lowest BCUT2D eigenvalue weighted by atomic mass is 10.3. The second-order valence-corrected chi connectivity index (χ2v) is 5.98. The van der Waals surface area contributed by atoms with E-state index in [0.29, 0.717) is 0 Å². The molecule has 0 aliphatic carbocycles. The SMILES string of the molecule is Cc1cccc(C#CCCCSc2cccc(Cl)c2)n1. The van der Waals surface area contributed by atoms with Crippen LogP contribution in [0.2, 0.25) is 5.02 Å². The lowest BCUT2D eigenvalue weighted by Crippen LogP contribution is -1.85. The van der Waals surface area contributed by atoms with E-state index in [1.165, 1.54) is 4.90 Å². The molecule has 0 N–H and O–H groups in total. The highest BCUT2D eigenvalue weighted by molar-refractivity contribution is 7.99. The average Bonchev–Trinajstić information content (AvgIpc) is 2.43. The van der Waals surface area contributed by atoms with Crippen molar-refractivity contribution >= 4 is 23.4 Å². The summed E-state index contributed by atoms with van der Waals surface area (Å²) >= 11 is 7.76. The van der Waals surface area contributed by atoms with Crippen LogP contribution in [0.1, 0.15) is 24.2 Å². The molecule has 102 valence electrons. The van der Waals surface area contributed by atoms with Crippen LogP contribution in [0.3, 0.4) is 0 Å². The van der Waals surface area contributed by atoms with E-state index >= 15 is 0 Å². The molecule has 0 atom stereocenters. The standard InChI is InChI=1S/C17H16ClNS/c1-14-7-5-10-16(19-14)9-3-2-4-12-20-17-11-6-8-15(18)13-17/h5-8,10-11,13H,2,4,12H2,1H3. The summed E-state index contributed by atoms with van der Waals surface area (Å²) in [5.74, 6) is 7.33. The van der Waals surface area contributed by atoms with E-state index < -0.39 is 0 Å². The van der Waals surface area contributed by atoms with Crippen LogP contribution in [0.15, 0.2) is 47.4 Å². The number of unbranched alkanes of at least 4 members (excludes halogenated alkanes) is 1. The minimum Gasteiger partial charge on any atom is -0.245 e. The zero-order valence-electron chi connectivity index (χ0n) is 11.4. The van der Waals surface area contributed by atoms with E-state index in [4.69, 9.17) is 11.6 Å². The first-order valence-corrected chi connectivity index (χ1v) is 7.91. The molecule has 0 radical (unpaired) electrons. The highest BCUT2D eigenvalue weighted by Crippen LogP contribution is 2.22. The lowest BCUT2D eigenvalue weighted by molar-refractivity contribution is 0.995. The summed E-state index contributed by atoms with van der Waals surface area (Å²) in [6.07, 6.45) is 1.96. The Hall–Kier alpha value is -1.43. The Bertz CT molecular complexity index is 628. The van der Waals surface area contributed by atoms with Gasteiger partial charge in [-0.2, -0.15) is 0 Å². The van der Waals surface area contributed by atoms with Gasteiger partial charge >= 0.3 is 0 Å². The normalized spacial score (nSPS) is 9.90. The summed E-state index contributed by atoms with van der Waals surface area (Å²) < 4.78 is 0. The van der Waals surface area contributed by atoms with Gasteiger partial charge in [-0.05, 0) is 55.3 Å². The van der Waals surface area contributed by atoms with Crippen molar-refractivity contribution in [3.8, 4) is 11.8 Å². The van der Waals surface area contributed by atoms with Crippen LogP contribution < -0.4 is 0 Å². The Morgan fingerprint density at radius 1 is 1.20 bits per heavy atom. The zero-order chi connectivity index (χ0) is 14.2. The quantitative estimate of drug-likeness (QED) is 0.449. The largest absolute Gasteiger partial charge is 0.245 e. The Morgan fingerprint density at radius 3 is 2.85 bits per heavy atom. The van der Waals surface area contributed by atoms with Gasteiger partial charge in [0.15, 0.2) is 0 Å². The number of rotatable bonds is 4. The maximum atomic E-state index is 5.95. The molecule has 0 saturated heterocycles. The van der Waals surface area contributed by atoms with Crippen molar-refractivity contribution in [3.63, 3.8) is 0 Å². The summed E-state index contributed by atoms with van der Waals surface area (Å²) in [5, 5.41) is 0.792. The predicted molar refractivity (Wildman–Crippen MR) is 87.3 cm³/mol. The molecule has 0 spiro atoms. The van der Waals surface area contributed by atoms with Crippen molar-refractivity contribution in [3.05, 3.63) is 58.9 Å². The van der Waals surface area contributed by atoms with Crippen molar-refractivity contribution in [2.24, 2.45) is 0 Å². The summed E-state index contributed by atoms with van der Waals surface area (Å²) in [7, 11) is 0. The number of aryl methyl sites for hydroxylation is 1. The minimum absolute atomic E-state index is 0.792. The number of thioether (sulfide) groups is 1. The second-order valence-electron chi connectivity index (χ2n) is 4.38. The number of nitrogens with zero attached hydrogens (tertiary/aromatic N) is 1. The predicted octanol–water partition coefficient (Wildman–Crippen LogP) is 4.97. The Kier molecular flexibility index (Phi) is 5.98. The van der Waals surface area contributed by atoms with Gasteiger partial charge in [-0.3, -0.25) is 0 Å². The third kappa shape index (κ3) is 5.28. The first-order chi connectivity index (χ1) is 9.74. The van der Waals surface area contributed by atoms with E-state index in [9.17, 15) is 0 Å². The second kappa shape index (κ2) is 7.99. The molecule has 0 fully saturated rings. The summed E-state index contributed by atoms with van der Waals surface area (Å²) in [4.78, 5) is 5.57. The van der Waals surface area contributed by atoms with Crippen LogP contribution in [0, 0.1) is 18.8 Å². The van der Waals surface area contributed by atoms with Crippen molar-refractivity contribution in [2.45, 2.75) is 24.7 Å². The molecule has 0 saturated carbocycles. The molecule has 0 amide bonds. The van der Waals surface area contributed by atoms with Crippen molar-refractivity contribution in [2.75, 3.05) is 5.75 Å². The van der Waals surface area contributed by atoms with Crippen LogP contribution in [0.5, 0.6) is 0 Å². The smallest absolute Gasteiger partial charge is 0.113 e. The number of hydrogen-bond donors (Lipinski definition) is 0. The molecule has 3 heteroatoms. The molecular weight excluding hydrogens is 286 g/mol. The number of hydrogen-bond acceptors (Lipinski definition) is 2. The van der Waals surface area contributed by atoms with Crippen LogP contribution in [-0.4, -0.2) is 10.7 Å². The molecule has 2 rings (SSSR count). The molecule has 20 heavy (non-hydrogen) atoms. The van der Waals surface area contributed by atoms with Gasteiger partial charge in [0.2, 0.25) is 0 Å². The Morgan fingerprint density at radius 2 is 2.05 bits per heavy atom. The molecule has 1 heterocycles. The van der Waals surface area contributed by atoms with Gasteiger partial charge in [0.1, 0.15) is 5.69 Å². The van der Waals surface area contributed by atoms with Crippen LogP contribution in [-0.2, 0) is 0 Å². The molecule has 0 unspecified atom stereocenters.